The molecule has 1 N–H and O–H groups in total. The Labute approximate surface area is 160 Å². The predicted molar refractivity (Wildman–Crippen MR) is 107 cm³/mol. The Hall–Kier alpha value is -1.92. The van der Waals surface area contributed by atoms with Crippen LogP contribution in [-0.4, -0.2) is 43.0 Å². The van der Waals surface area contributed by atoms with E-state index in [1.807, 2.05) is 45.3 Å². The van der Waals surface area contributed by atoms with Gasteiger partial charge in [-0.15, -0.1) is 11.3 Å². The first-order valence-electron chi connectivity index (χ1n) is 8.96. The van der Waals surface area contributed by atoms with Gasteiger partial charge in [-0.05, 0) is 44.6 Å². The quantitative estimate of drug-likeness (QED) is 0.729. The molecule has 0 aliphatic heterocycles. The maximum absolute atomic E-state index is 12.4. The van der Waals surface area contributed by atoms with Gasteiger partial charge in [0.05, 0.1) is 10.7 Å². The van der Waals surface area contributed by atoms with Crippen LogP contribution >= 0.6 is 11.3 Å². The number of aryl methyl sites for hydroxylation is 1. The van der Waals surface area contributed by atoms with Gasteiger partial charge in [-0.1, -0.05) is 26.0 Å². The molecule has 1 amide bonds. The van der Waals surface area contributed by atoms with E-state index in [0.717, 1.165) is 35.0 Å². The van der Waals surface area contributed by atoms with E-state index < -0.39 is 0 Å². The number of nitrogens with zero attached hydrogens (tertiary/aromatic N) is 2. The number of amides is 1. The van der Waals surface area contributed by atoms with Crippen molar-refractivity contribution in [3.8, 4) is 5.75 Å². The summed E-state index contributed by atoms with van der Waals surface area (Å²) in [6.45, 7) is 8.24. The number of carbonyl (C=O) groups excluding carboxylic acids is 1. The number of likely N-dealkylation sites (N-methyl/N-ethyl adjacent to an activating group) is 1. The molecule has 0 atom stereocenters. The van der Waals surface area contributed by atoms with E-state index in [2.05, 4.69) is 29.0 Å². The molecular formula is C20H29N3O2S. The lowest BCUT2D eigenvalue weighted by Gasteiger charge is -2.11. The number of hydrogen-bond donors (Lipinski definition) is 1. The van der Waals surface area contributed by atoms with E-state index in [9.17, 15) is 4.79 Å². The van der Waals surface area contributed by atoms with Crippen molar-refractivity contribution in [1.29, 1.82) is 0 Å². The molecule has 0 unspecified atom stereocenters. The Morgan fingerprint density at radius 3 is 2.58 bits per heavy atom. The summed E-state index contributed by atoms with van der Waals surface area (Å²) in [6, 6.07) is 7.84. The van der Waals surface area contributed by atoms with Gasteiger partial charge in [0, 0.05) is 19.5 Å². The molecule has 2 rings (SSSR count). The number of nitrogens with one attached hydrogen (secondary N) is 1. The van der Waals surface area contributed by atoms with Crippen molar-refractivity contribution in [2.45, 2.75) is 33.7 Å². The van der Waals surface area contributed by atoms with Gasteiger partial charge < -0.3 is 15.0 Å². The second-order valence-corrected chi connectivity index (χ2v) is 8.18. The van der Waals surface area contributed by atoms with Gasteiger partial charge in [-0.25, -0.2) is 4.98 Å². The van der Waals surface area contributed by atoms with Crippen molar-refractivity contribution >= 4 is 17.2 Å². The molecule has 5 nitrogen and oxygen atoms in total. The van der Waals surface area contributed by atoms with Crippen LogP contribution in [0, 0.1) is 12.8 Å². The van der Waals surface area contributed by atoms with Crippen LogP contribution in [0.4, 0.5) is 0 Å². The minimum atomic E-state index is -0.0543. The molecule has 0 aliphatic carbocycles. The molecule has 0 bridgehead atoms. The van der Waals surface area contributed by atoms with Gasteiger partial charge in [-0.3, -0.25) is 4.79 Å². The number of hydrogen-bond acceptors (Lipinski definition) is 5. The third kappa shape index (κ3) is 6.42. The van der Waals surface area contributed by atoms with Gasteiger partial charge in [-0.2, -0.15) is 0 Å². The zero-order valence-electron chi connectivity index (χ0n) is 16.3. The summed E-state index contributed by atoms with van der Waals surface area (Å²) in [5.41, 5.74) is 1.86. The lowest BCUT2D eigenvalue weighted by atomic mass is 10.1. The van der Waals surface area contributed by atoms with E-state index in [0.29, 0.717) is 23.9 Å². The van der Waals surface area contributed by atoms with Crippen molar-refractivity contribution in [1.82, 2.24) is 15.2 Å². The molecule has 1 aromatic carbocycles. The lowest BCUT2D eigenvalue weighted by Crippen LogP contribution is -2.22. The number of carbonyl (C=O) groups is 1. The van der Waals surface area contributed by atoms with Crippen molar-refractivity contribution in [2.24, 2.45) is 5.92 Å². The molecule has 1 aromatic heterocycles. The number of aromatic nitrogens is 1. The molecule has 142 valence electrons. The third-order valence-corrected chi connectivity index (χ3v) is 4.99. The molecule has 0 radical (unpaired) electrons. The van der Waals surface area contributed by atoms with Gasteiger partial charge in [0.15, 0.2) is 0 Å². The van der Waals surface area contributed by atoms with Gasteiger partial charge in [0.25, 0.3) is 5.91 Å². The van der Waals surface area contributed by atoms with Gasteiger partial charge in [0.2, 0.25) is 0 Å². The monoisotopic (exact) mass is 375 g/mol. The van der Waals surface area contributed by atoms with Crippen LogP contribution in [0.5, 0.6) is 5.75 Å². The average molecular weight is 376 g/mol. The third-order valence-electron chi connectivity index (χ3n) is 3.81. The molecule has 0 fully saturated rings. The van der Waals surface area contributed by atoms with E-state index in [4.69, 9.17) is 4.74 Å². The van der Waals surface area contributed by atoms with Crippen molar-refractivity contribution in [3.63, 3.8) is 0 Å². The minimum absolute atomic E-state index is 0.0543. The first-order chi connectivity index (χ1) is 12.3. The summed E-state index contributed by atoms with van der Waals surface area (Å²) in [5.74, 6) is 1.33. The van der Waals surface area contributed by atoms with Crippen molar-refractivity contribution in [2.75, 3.05) is 27.2 Å². The summed E-state index contributed by atoms with van der Waals surface area (Å²) in [4.78, 5) is 19.8. The van der Waals surface area contributed by atoms with Crippen molar-refractivity contribution in [3.05, 3.63) is 45.4 Å². The van der Waals surface area contributed by atoms with Crippen LogP contribution in [-0.2, 0) is 13.0 Å². The molecule has 26 heavy (non-hydrogen) atoms. The Balaban J connectivity index is 1.86. The van der Waals surface area contributed by atoms with E-state index in [-0.39, 0.29) is 5.91 Å². The SMILES string of the molecule is Cc1nc(CC(C)C)sc1C(=O)NCc1ccc(OCCN(C)C)cc1. The smallest absolute Gasteiger partial charge is 0.263 e. The molecule has 0 saturated carbocycles. The standard InChI is InChI=1S/C20H29N3O2S/c1-14(2)12-18-22-15(3)19(26-18)20(24)21-13-16-6-8-17(9-7-16)25-11-10-23(4)5/h6-9,14H,10-13H2,1-5H3,(H,21,24). The zero-order chi connectivity index (χ0) is 19.1. The second-order valence-electron chi connectivity index (χ2n) is 7.10. The van der Waals surface area contributed by atoms with Gasteiger partial charge >= 0.3 is 0 Å². The van der Waals surface area contributed by atoms with Crippen LogP contribution in [0.1, 0.15) is 39.8 Å². The fourth-order valence-electron chi connectivity index (χ4n) is 2.41. The maximum atomic E-state index is 12.4. The Morgan fingerprint density at radius 2 is 1.96 bits per heavy atom. The van der Waals surface area contributed by atoms with Crippen LogP contribution in [0.25, 0.3) is 0 Å². The van der Waals surface area contributed by atoms with E-state index in [1.165, 1.54) is 11.3 Å². The highest BCUT2D eigenvalue weighted by molar-refractivity contribution is 7.13. The molecule has 2 aromatic rings. The number of thiazole rings is 1. The summed E-state index contributed by atoms with van der Waals surface area (Å²) in [7, 11) is 4.04. The van der Waals surface area contributed by atoms with Crippen LogP contribution in [0.15, 0.2) is 24.3 Å². The van der Waals surface area contributed by atoms with E-state index in [1.54, 1.807) is 0 Å². The summed E-state index contributed by atoms with van der Waals surface area (Å²) in [6.07, 6.45) is 0.911. The van der Waals surface area contributed by atoms with Crippen LogP contribution < -0.4 is 10.1 Å². The molecule has 0 aliphatic rings. The molecule has 1 heterocycles. The Kier molecular flexibility index (Phi) is 7.60. The highest BCUT2D eigenvalue weighted by Crippen LogP contribution is 2.21. The molecule has 0 saturated heterocycles. The first-order valence-corrected chi connectivity index (χ1v) is 9.77. The summed E-state index contributed by atoms with van der Waals surface area (Å²) < 4.78 is 5.68. The highest BCUT2D eigenvalue weighted by Gasteiger charge is 2.15. The Morgan fingerprint density at radius 1 is 1.27 bits per heavy atom. The zero-order valence-corrected chi connectivity index (χ0v) is 17.2. The topological polar surface area (TPSA) is 54.5 Å². The lowest BCUT2D eigenvalue weighted by molar-refractivity contribution is 0.0954. The fourth-order valence-corrected chi connectivity index (χ4v) is 3.60. The van der Waals surface area contributed by atoms with Gasteiger partial charge in [0.1, 0.15) is 17.2 Å². The summed E-state index contributed by atoms with van der Waals surface area (Å²) in [5, 5.41) is 4.01. The number of benzene rings is 1. The average Bonchev–Trinajstić information content (AvgIpc) is 2.93. The normalized spacial score (nSPS) is 11.2. The highest BCUT2D eigenvalue weighted by atomic mass is 32.1. The molecule has 0 spiro atoms. The number of ether oxygens (including phenoxy) is 1. The predicted octanol–water partition coefficient (Wildman–Crippen LogP) is 3.52. The largest absolute Gasteiger partial charge is 0.492 e. The van der Waals surface area contributed by atoms with Crippen LogP contribution in [0.3, 0.4) is 0 Å². The second kappa shape index (κ2) is 9.69. The summed E-state index contributed by atoms with van der Waals surface area (Å²) >= 11 is 1.50. The molecule has 6 heteroatoms. The minimum Gasteiger partial charge on any atom is -0.492 e. The van der Waals surface area contributed by atoms with Crippen molar-refractivity contribution < 1.29 is 9.53 Å². The number of rotatable bonds is 9. The van der Waals surface area contributed by atoms with E-state index >= 15 is 0 Å². The maximum Gasteiger partial charge on any atom is 0.263 e. The Bertz CT molecular complexity index is 708. The van der Waals surface area contributed by atoms with Crippen LogP contribution in [0.2, 0.25) is 0 Å². The fraction of sp³-hybridized carbons (Fsp3) is 0.500. The molecular weight excluding hydrogens is 346 g/mol. The first kappa shape index (κ1) is 20.4.